The molecule has 0 amide bonds. The van der Waals surface area contributed by atoms with Crippen LogP contribution in [0.15, 0.2) is 11.1 Å². The second-order valence-electron chi connectivity index (χ2n) is 7.78. The zero-order chi connectivity index (χ0) is 25.5. The standard InChI is InChI=1S/C19H32N7O7P/c1-6-32-17(28)12(4)24-34(30,25-13(5)18(29)33-11(2)3)10-31-8-7-26-9-21-14-15(26)22-19(20)23-16(14)27/h9,11-13H,6-8,10H2,1-5H3,(H2,24,25,30)(H3,20,22,23,27)/t12-,13-,34?/m1/s1. The van der Waals surface area contributed by atoms with Gasteiger partial charge in [-0.1, -0.05) is 0 Å². The summed E-state index contributed by atoms with van der Waals surface area (Å²) in [6.07, 6.45) is 0.718. The third-order valence-corrected chi connectivity index (χ3v) is 6.55. The van der Waals surface area contributed by atoms with E-state index >= 15 is 0 Å². The highest BCUT2D eigenvalue weighted by Gasteiger charge is 2.32. The normalized spacial score (nSPS) is 15.1. The van der Waals surface area contributed by atoms with Gasteiger partial charge < -0.3 is 24.5 Å². The van der Waals surface area contributed by atoms with E-state index in [1.165, 1.54) is 20.2 Å². The van der Waals surface area contributed by atoms with Crippen molar-refractivity contribution < 1.29 is 28.4 Å². The van der Waals surface area contributed by atoms with Crippen LogP contribution in [-0.2, 0) is 34.9 Å². The molecule has 5 N–H and O–H groups in total. The van der Waals surface area contributed by atoms with E-state index < -0.39 is 37.0 Å². The predicted molar refractivity (Wildman–Crippen MR) is 124 cm³/mol. The Bertz CT molecular complexity index is 1100. The lowest BCUT2D eigenvalue weighted by atomic mass is 10.4. The summed E-state index contributed by atoms with van der Waals surface area (Å²) in [5.41, 5.74) is 5.54. The summed E-state index contributed by atoms with van der Waals surface area (Å²) in [4.78, 5) is 46.6. The van der Waals surface area contributed by atoms with Gasteiger partial charge in [-0.15, -0.1) is 0 Å². The van der Waals surface area contributed by atoms with Gasteiger partial charge in [-0.05, 0) is 34.6 Å². The smallest absolute Gasteiger partial charge is 0.323 e. The lowest BCUT2D eigenvalue weighted by Gasteiger charge is -2.26. The summed E-state index contributed by atoms with van der Waals surface area (Å²) < 4.78 is 30.8. The van der Waals surface area contributed by atoms with Crippen molar-refractivity contribution in [3.05, 3.63) is 16.7 Å². The molecule has 15 heteroatoms. The zero-order valence-corrected chi connectivity index (χ0v) is 20.8. The summed E-state index contributed by atoms with van der Waals surface area (Å²) in [5, 5.41) is 5.41. The molecule has 2 heterocycles. The molecular formula is C19H32N7O7P. The average molecular weight is 501 g/mol. The Labute approximate surface area is 196 Å². The number of carbonyl (C=O) groups excluding carboxylic acids is 2. The fourth-order valence-electron chi connectivity index (χ4n) is 2.93. The first kappa shape index (κ1) is 27.4. The van der Waals surface area contributed by atoms with E-state index in [-0.39, 0.29) is 49.3 Å². The number of fused-ring (bicyclic) bond motifs is 1. The Morgan fingerprint density at radius 3 is 2.47 bits per heavy atom. The van der Waals surface area contributed by atoms with E-state index in [9.17, 15) is 18.9 Å². The van der Waals surface area contributed by atoms with E-state index in [0.717, 1.165) is 0 Å². The number of nitrogens with two attached hydrogens (primary N) is 1. The molecule has 0 aliphatic heterocycles. The molecule has 0 aliphatic rings. The molecule has 0 bridgehead atoms. The molecule has 0 aromatic carbocycles. The molecule has 14 nitrogen and oxygen atoms in total. The van der Waals surface area contributed by atoms with Crippen LogP contribution < -0.4 is 21.5 Å². The molecule has 3 atom stereocenters. The molecule has 34 heavy (non-hydrogen) atoms. The van der Waals surface area contributed by atoms with Crippen LogP contribution in [0.3, 0.4) is 0 Å². The van der Waals surface area contributed by atoms with Gasteiger partial charge in [0.15, 0.2) is 11.2 Å². The van der Waals surface area contributed by atoms with Gasteiger partial charge in [0.2, 0.25) is 13.4 Å². The zero-order valence-electron chi connectivity index (χ0n) is 19.9. The van der Waals surface area contributed by atoms with Gasteiger partial charge in [0.05, 0.1) is 25.6 Å². The topological polar surface area (TPSA) is 193 Å². The molecular weight excluding hydrogens is 469 g/mol. The minimum atomic E-state index is -3.62. The minimum absolute atomic E-state index is 0.0479. The molecule has 0 fully saturated rings. The second-order valence-corrected chi connectivity index (χ2v) is 10.0. The number of ether oxygens (including phenoxy) is 3. The van der Waals surface area contributed by atoms with Crippen LogP contribution in [0.4, 0.5) is 5.95 Å². The average Bonchev–Trinajstić information content (AvgIpc) is 3.13. The van der Waals surface area contributed by atoms with Crippen LogP contribution in [0.2, 0.25) is 0 Å². The van der Waals surface area contributed by atoms with Gasteiger partial charge in [0, 0.05) is 6.54 Å². The van der Waals surface area contributed by atoms with Crippen LogP contribution in [0.25, 0.3) is 11.2 Å². The second kappa shape index (κ2) is 12.1. The fourth-order valence-corrected chi connectivity index (χ4v) is 5.01. The number of nitrogen functional groups attached to an aromatic ring is 1. The summed E-state index contributed by atoms with van der Waals surface area (Å²) in [5.74, 6) is -1.24. The molecule has 2 aromatic rings. The lowest BCUT2D eigenvalue weighted by Crippen LogP contribution is -2.43. The van der Waals surface area contributed by atoms with Crippen LogP contribution in [0, 0.1) is 0 Å². The van der Waals surface area contributed by atoms with Crippen LogP contribution >= 0.6 is 7.44 Å². The van der Waals surface area contributed by atoms with Crippen LogP contribution in [-0.4, -0.2) is 69.2 Å². The molecule has 0 radical (unpaired) electrons. The quantitative estimate of drug-likeness (QED) is 0.167. The van der Waals surface area contributed by atoms with Gasteiger partial charge in [0.1, 0.15) is 18.4 Å². The number of hydrogen-bond donors (Lipinski definition) is 4. The summed E-state index contributed by atoms with van der Waals surface area (Å²) >= 11 is 0. The third-order valence-electron chi connectivity index (χ3n) is 4.39. The summed E-state index contributed by atoms with van der Waals surface area (Å²) in [7, 11) is -3.62. The van der Waals surface area contributed by atoms with Gasteiger partial charge in [-0.2, -0.15) is 4.98 Å². The van der Waals surface area contributed by atoms with Crippen molar-refractivity contribution >= 4 is 36.5 Å². The Balaban J connectivity index is 2.07. The van der Waals surface area contributed by atoms with Gasteiger partial charge in [-0.25, -0.2) is 15.2 Å². The number of anilines is 1. The van der Waals surface area contributed by atoms with Crippen molar-refractivity contribution in [1.82, 2.24) is 29.7 Å². The maximum absolute atomic E-state index is 13.5. The largest absolute Gasteiger partial charge is 0.465 e. The first-order chi connectivity index (χ1) is 16.0. The van der Waals surface area contributed by atoms with E-state index in [2.05, 4.69) is 25.1 Å². The molecule has 190 valence electrons. The highest BCUT2D eigenvalue weighted by molar-refractivity contribution is 7.59. The van der Waals surface area contributed by atoms with Gasteiger partial charge in [-0.3, -0.25) is 23.9 Å². The first-order valence-corrected chi connectivity index (χ1v) is 12.6. The van der Waals surface area contributed by atoms with E-state index in [4.69, 9.17) is 19.9 Å². The Hall–Kier alpha value is -2.80. The number of aromatic nitrogens is 4. The predicted octanol–water partition coefficient (Wildman–Crippen LogP) is 0.340. The SMILES string of the molecule is CCOC(=O)[C@@H](C)NP(=O)(COCCn1cnc2c(=O)[nH]c(N)nc21)N[C@H](C)C(=O)OC(C)C. The number of hydrogen-bond acceptors (Lipinski definition) is 10. The van der Waals surface area contributed by atoms with Crippen LogP contribution in [0.1, 0.15) is 34.6 Å². The highest BCUT2D eigenvalue weighted by atomic mass is 31.2. The number of H-pyrrole nitrogens is 1. The fraction of sp³-hybridized carbons (Fsp3) is 0.632. The number of nitrogens with one attached hydrogen (secondary N) is 3. The van der Waals surface area contributed by atoms with Crippen molar-refractivity contribution in [3.63, 3.8) is 0 Å². The van der Waals surface area contributed by atoms with Crippen LogP contribution in [0.5, 0.6) is 0 Å². The maximum Gasteiger partial charge on any atom is 0.323 e. The number of imidazole rings is 1. The highest BCUT2D eigenvalue weighted by Crippen LogP contribution is 2.37. The van der Waals surface area contributed by atoms with E-state index in [1.54, 1.807) is 25.3 Å². The molecule has 0 saturated heterocycles. The van der Waals surface area contributed by atoms with Gasteiger partial charge in [0.25, 0.3) is 5.56 Å². The van der Waals surface area contributed by atoms with Crippen molar-refractivity contribution in [1.29, 1.82) is 0 Å². The third kappa shape index (κ3) is 7.62. The van der Waals surface area contributed by atoms with E-state index in [1.807, 2.05) is 0 Å². The first-order valence-electron chi connectivity index (χ1n) is 10.8. The Morgan fingerprint density at radius 2 is 1.85 bits per heavy atom. The van der Waals surface area contributed by atoms with Crippen molar-refractivity contribution in [2.24, 2.45) is 0 Å². The lowest BCUT2D eigenvalue weighted by molar-refractivity contribution is -0.149. The molecule has 2 aromatic heterocycles. The Morgan fingerprint density at radius 1 is 1.21 bits per heavy atom. The van der Waals surface area contributed by atoms with Crippen molar-refractivity contribution in [2.75, 3.05) is 25.3 Å². The van der Waals surface area contributed by atoms with Gasteiger partial charge >= 0.3 is 11.9 Å². The Kier molecular flexibility index (Phi) is 9.74. The van der Waals surface area contributed by atoms with Crippen molar-refractivity contribution in [2.45, 2.75) is 59.4 Å². The summed E-state index contributed by atoms with van der Waals surface area (Å²) in [6.45, 7) is 8.50. The van der Waals surface area contributed by atoms with Crippen molar-refractivity contribution in [3.8, 4) is 0 Å². The maximum atomic E-state index is 13.5. The number of esters is 2. The molecule has 0 saturated carbocycles. The monoisotopic (exact) mass is 501 g/mol. The molecule has 0 spiro atoms. The number of nitrogens with zero attached hydrogens (tertiary/aromatic N) is 3. The minimum Gasteiger partial charge on any atom is -0.465 e. The molecule has 0 aliphatic carbocycles. The molecule has 2 rings (SSSR count). The number of aromatic amines is 1. The molecule has 1 unspecified atom stereocenters. The number of rotatable bonds is 13. The number of carbonyl (C=O) groups is 2. The summed E-state index contributed by atoms with van der Waals surface area (Å²) in [6, 6.07) is -1.86. The van der Waals surface area contributed by atoms with E-state index in [0.29, 0.717) is 0 Å².